The molecule has 1 aliphatic heterocycles. The fourth-order valence-corrected chi connectivity index (χ4v) is 3.92. The lowest BCUT2D eigenvalue weighted by molar-refractivity contribution is 0.0245. The molecule has 7 heteroatoms. The number of aromatic nitrogens is 4. The number of nitrogens with one attached hydrogen (secondary N) is 2. The number of pyridine rings is 2. The highest BCUT2D eigenvalue weighted by atomic mass is 16.5. The number of ether oxygens (including phenoxy) is 1. The number of piperidine rings is 1. The summed E-state index contributed by atoms with van der Waals surface area (Å²) >= 11 is 0. The molecule has 31 heavy (non-hydrogen) atoms. The van der Waals surface area contributed by atoms with Crippen LogP contribution in [-0.2, 0) is 4.74 Å². The van der Waals surface area contributed by atoms with Crippen molar-refractivity contribution in [2.24, 2.45) is 0 Å². The monoisotopic (exact) mass is 413 g/mol. The van der Waals surface area contributed by atoms with E-state index in [9.17, 15) is 4.79 Å². The number of fused-ring (bicyclic) bond motifs is 1. The average Bonchev–Trinajstić information content (AvgIpc) is 3.29. The summed E-state index contributed by atoms with van der Waals surface area (Å²) in [6.07, 6.45) is 5.06. The second kappa shape index (κ2) is 8.28. The van der Waals surface area contributed by atoms with Gasteiger partial charge in [0, 0.05) is 29.4 Å². The number of benzene rings is 1. The highest BCUT2D eigenvalue weighted by Gasteiger charge is 2.19. The SMILES string of the molecule is Cc1cccc(-c2[nH]cnc2-c2ccc3ncc(C(=O)OC4CCCNC4)cc3c2)n1. The van der Waals surface area contributed by atoms with E-state index in [4.69, 9.17) is 4.74 Å². The topological polar surface area (TPSA) is 92.8 Å². The number of carbonyl (C=O) groups is 1. The Hall–Kier alpha value is -3.58. The number of aryl methyl sites for hydroxylation is 1. The van der Waals surface area contributed by atoms with Gasteiger partial charge in [-0.2, -0.15) is 0 Å². The van der Waals surface area contributed by atoms with Crippen LogP contribution in [0.5, 0.6) is 0 Å². The molecule has 0 bridgehead atoms. The Bertz CT molecular complexity index is 1240. The van der Waals surface area contributed by atoms with Crippen molar-refractivity contribution in [2.75, 3.05) is 13.1 Å². The van der Waals surface area contributed by atoms with Crippen LogP contribution in [0.25, 0.3) is 33.5 Å². The van der Waals surface area contributed by atoms with Crippen molar-refractivity contribution in [1.29, 1.82) is 0 Å². The van der Waals surface area contributed by atoms with Gasteiger partial charge in [-0.3, -0.25) is 9.97 Å². The van der Waals surface area contributed by atoms with E-state index in [1.165, 1.54) is 0 Å². The molecule has 1 saturated heterocycles. The Morgan fingerprint density at radius 1 is 1.16 bits per heavy atom. The molecule has 0 spiro atoms. The van der Waals surface area contributed by atoms with E-state index in [-0.39, 0.29) is 12.1 Å². The zero-order chi connectivity index (χ0) is 21.2. The van der Waals surface area contributed by atoms with Crippen LogP contribution in [0.2, 0.25) is 0 Å². The van der Waals surface area contributed by atoms with Crippen LogP contribution in [-0.4, -0.2) is 45.1 Å². The normalized spacial score (nSPS) is 16.4. The Kier molecular flexibility index (Phi) is 5.18. The number of hydrogen-bond acceptors (Lipinski definition) is 6. The number of carbonyl (C=O) groups excluding carboxylic acids is 1. The Balaban J connectivity index is 1.46. The Labute approximate surface area is 179 Å². The molecule has 1 aliphatic rings. The number of esters is 1. The molecule has 2 N–H and O–H groups in total. The standard InChI is InChI=1S/C24H23N5O2/c1-15-4-2-6-21(29-15)23-22(27-14-28-23)16-7-8-20-17(10-16)11-18(12-26-20)24(30)31-19-5-3-9-25-13-19/h2,4,6-8,10-12,14,19,25H,3,5,9,13H2,1H3,(H,27,28). The number of nitrogens with zero attached hydrogens (tertiary/aromatic N) is 3. The van der Waals surface area contributed by atoms with E-state index < -0.39 is 0 Å². The molecule has 156 valence electrons. The number of aromatic amines is 1. The summed E-state index contributed by atoms with van der Waals surface area (Å²) in [5.41, 5.74) is 5.64. The maximum atomic E-state index is 12.6. The fourth-order valence-electron chi connectivity index (χ4n) is 3.92. The lowest BCUT2D eigenvalue weighted by Gasteiger charge is -2.22. The van der Waals surface area contributed by atoms with Gasteiger partial charge in [0.25, 0.3) is 0 Å². The minimum atomic E-state index is -0.335. The molecule has 3 aromatic heterocycles. The fraction of sp³-hybridized carbons (Fsp3) is 0.250. The van der Waals surface area contributed by atoms with Gasteiger partial charge in [0.15, 0.2) is 0 Å². The molecule has 7 nitrogen and oxygen atoms in total. The first-order valence-electron chi connectivity index (χ1n) is 10.5. The average molecular weight is 413 g/mol. The molecule has 1 fully saturated rings. The zero-order valence-electron chi connectivity index (χ0n) is 17.3. The van der Waals surface area contributed by atoms with Crippen molar-refractivity contribution >= 4 is 16.9 Å². The molecule has 1 atom stereocenters. The minimum Gasteiger partial charge on any atom is -0.457 e. The summed E-state index contributed by atoms with van der Waals surface area (Å²) in [6.45, 7) is 3.64. The summed E-state index contributed by atoms with van der Waals surface area (Å²) in [5, 5.41) is 4.12. The highest BCUT2D eigenvalue weighted by molar-refractivity contribution is 5.95. The number of imidazole rings is 1. The predicted molar refractivity (Wildman–Crippen MR) is 119 cm³/mol. The summed E-state index contributed by atoms with van der Waals surface area (Å²) in [5.74, 6) is -0.335. The second-order valence-corrected chi connectivity index (χ2v) is 7.80. The van der Waals surface area contributed by atoms with Crippen molar-refractivity contribution in [3.8, 4) is 22.6 Å². The van der Waals surface area contributed by atoms with E-state index >= 15 is 0 Å². The van der Waals surface area contributed by atoms with E-state index in [1.54, 1.807) is 12.5 Å². The molecule has 0 amide bonds. The van der Waals surface area contributed by atoms with Gasteiger partial charge in [0.1, 0.15) is 6.10 Å². The van der Waals surface area contributed by atoms with Gasteiger partial charge in [-0.15, -0.1) is 0 Å². The quantitative estimate of drug-likeness (QED) is 0.493. The van der Waals surface area contributed by atoms with Gasteiger partial charge in [-0.05, 0) is 56.6 Å². The van der Waals surface area contributed by atoms with Crippen molar-refractivity contribution in [2.45, 2.75) is 25.9 Å². The van der Waals surface area contributed by atoms with Crippen LogP contribution in [0, 0.1) is 6.92 Å². The van der Waals surface area contributed by atoms with E-state index in [0.717, 1.165) is 58.6 Å². The third kappa shape index (κ3) is 4.04. The van der Waals surface area contributed by atoms with Gasteiger partial charge in [-0.25, -0.2) is 9.78 Å². The Morgan fingerprint density at radius 2 is 2.10 bits per heavy atom. The maximum Gasteiger partial charge on any atom is 0.340 e. The molecule has 0 aliphatic carbocycles. The van der Waals surface area contributed by atoms with Crippen molar-refractivity contribution in [3.63, 3.8) is 0 Å². The lowest BCUT2D eigenvalue weighted by Crippen LogP contribution is -2.36. The van der Waals surface area contributed by atoms with Crippen LogP contribution in [0.3, 0.4) is 0 Å². The molecule has 1 unspecified atom stereocenters. The van der Waals surface area contributed by atoms with Crippen LogP contribution < -0.4 is 5.32 Å². The van der Waals surface area contributed by atoms with Gasteiger partial charge < -0.3 is 15.0 Å². The third-order valence-electron chi connectivity index (χ3n) is 5.50. The number of H-pyrrole nitrogens is 1. The summed E-state index contributed by atoms with van der Waals surface area (Å²) in [6, 6.07) is 13.7. The van der Waals surface area contributed by atoms with Crippen LogP contribution in [0.1, 0.15) is 28.9 Å². The van der Waals surface area contributed by atoms with Crippen LogP contribution in [0.4, 0.5) is 0 Å². The van der Waals surface area contributed by atoms with Gasteiger partial charge in [0.05, 0.1) is 34.5 Å². The van der Waals surface area contributed by atoms with E-state index in [0.29, 0.717) is 12.1 Å². The first kappa shape index (κ1) is 19.4. The first-order valence-corrected chi connectivity index (χ1v) is 10.5. The molecular formula is C24H23N5O2. The maximum absolute atomic E-state index is 12.6. The zero-order valence-corrected chi connectivity index (χ0v) is 17.3. The second-order valence-electron chi connectivity index (χ2n) is 7.80. The lowest BCUT2D eigenvalue weighted by atomic mass is 10.0. The summed E-state index contributed by atoms with van der Waals surface area (Å²) < 4.78 is 5.65. The smallest absolute Gasteiger partial charge is 0.340 e. The molecule has 0 saturated carbocycles. The predicted octanol–water partition coefficient (Wildman–Crippen LogP) is 3.90. The van der Waals surface area contributed by atoms with Gasteiger partial charge in [0.2, 0.25) is 0 Å². The Morgan fingerprint density at radius 3 is 2.94 bits per heavy atom. The molecule has 1 aromatic carbocycles. The molecule has 0 radical (unpaired) electrons. The van der Waals surface area contributed by atoms with Crippen molar-refractivity contribution < 1.29 is 9.53 Å². The van der Waals surface area contributed by atoms with Crippen molar-refractivity contribution in [3.05, 3.63) is 66.2 Å². The summed E-state index contributed by atoms with van der Waals surface area (Å²) in [4.78, 5) is 29.4. The first-order chi connectivity index (χ1) is 15.2. The largest absolute Gasteiger partial charge is 0.457 e. The van der Waals surface area contributed by atoms with Gasteiger partial charge in [-0.1, -0.05) is 12.1 Å². The third-order valence-corrected chi connectivity index (χ3v) is 5.50. The van der Waals surface area contributed by atoms with Crippen molar-refractivity contribution in [1.82, 2.24) is 25.3 Å². The van der Waals surface area contributed by atoms with E-state index in [1.807, 2.05) is 49.4 Å². The van der Waals surface area contributed by atoms with E-state index in [2.05, 4.69) is 25.3 Å². The highest BCUT2D eigenvalue weighted by Crippen LogP contribution is 2.30. The molecular weight excluding hydrogens is 390 g/mol. The minimum absolute atomic E-state index is 0.0864. The van der Waals surface area contributed by atoms with Crippen LogP contribution in [0.15, 0.2) is 55.0 Å². The number of rotatable bonds is 4. The molecule has 4 heterocycles. The number of hydrogen-bond donors (Lipinski definition) is 2. The van der Waals surface area contributed by atoms with Gasteiger partial charge >= 0.3 is 5.97 Å². The molecule has 5 rings (SSSR count). The molecule has 4 aromatic rings. The summed E-state index contributed by atoms with van der Waals surface area (Å²) in [7, 11) is 0. The van der Waals surface area contributed by atoms with Crippen LogP contribution >= 0.6 is 0 Å².